The van der Waals surface area contributed by atoms with Crippen LogP contribution in [-0.4, -0.2) is 20.5 Å². The summed E-state index contributed by atoms with van der Waals surface area (Å²) in [5.74, 6) is -1.19. The molecule has 0 bridgehead atoms. The Hall–Kier alpha value is -2.68. The van der Waals surface area contributed by atoms with Crippen LogP contribution in [0.2, 0.25) is 0 Å². The average molecular weight is 327 g/mol. The highest BCUT2D eigenvalue weighted by Gasteiger charge is 2.25. The van der Waals surface area contributed by atoms with Gasteiger partial charge in [-0.3, -0.25) is 10.1 Å². The Morgan fingerprint density at radius 3 is 2.36 bits per heavy atom. The predicted octanol–water partition coefficient (Wildman–Crippen LogP) is 2.51. The Labute approximate surface area is 125 Å². The van der Waals surface area contributed by atoms with Crippen molar-refractivity contribution in [3.05, 3.63) is 58.4 Å². The molecule has 0 atom stereocenters. The number of halogens is 1. The van der Waals surface area contributed by atoms with E-state index in [1.807, 2.05) is 0 Å². The molecule has 2 rings (SSSR count). The van der Waals surface area contributed by atoms with Gasteiger partial charge in [-0.15, -0.1) is 0 Å². The van der Waals surface area contributed by atoms with Crippen molar-refractivity contribution < 1.29 is 26.7 Å². The van der Waals surface area contributed by atoms with E-state index in [0.717, 1.165) is 6.07 Å². The monoisotopic (exact) mass is 327 g/mol. The molecule has 0 heterocycles. The summed E-state index contributed by atoms with van der Waals surface area (Å²) in [6.45, 7) is 0. The molecule has 0 aromatic heterocycles. The number of non-ortho nitro benzene ring substituents is 1. The van der Waals surface area contributed by atoms with Gasteiger partial charge in [0.05, 0.1) is 12.0 Å². The SMILES string of the molecule is COc1ccccc1OS(=O)(=O)c1cc([N+](=O)[O-])ccc1F. The summed E-state index contributed by atoms with van der Waals surface area (Å²) in [6, 6.07) is 8.00. The molecule has 0 aliphatic heterocycles. The number of nitro groups is 1. The van der Waals surface area contributed by atoms with Crippen molar-refractivity contribution in [2.24, 2.45) is 0 Å². The number of methoxy groups -OCH3 is 1. The third-order valence-electron chi connectivity index (χ3n) is 2.66. The third kappa shape index (κ3) is 3.14. The van der Waals surface area contributed by atoms with E-state index in [0.29, 0.717) is 12.1 Å². The summed E-state index contributed by atoms with van der Waals surface area (Å²) in [5.41, 5.74) is -0.566. The van der Waals surface area contributed by atoms with E-state index in [1.165, 1.54) is 25.3 Å². The number of nitro benzene ring substituents is 1. The van der Waals surface area contributed by atoms with Gasteiger partial charge in [0.15, 0.2) is 11.5 Å². The van der Waals surface area contributed by atoms with Crippen molar-refractivity contribution in [2.75, 3.05) is 7.11 Å². The maximum atomic E-state index is 13.7. The Morgan fingerprint density at radius 2 is 1.77 bits per heavy atom. The number of nitrogens with zero attached hydrogens (tertiary/aromatic N) is 1. The first-order valence-electron chi connectivity index (χ1n) is 5.86. The van der Waals surface area contributed by atoms with Crippen LogP contribution in [0.25, 0.3) is 0 Å². The van der Waals surface area contributed by atoms with E-state index in [-0.39, 0.29) is 11.5 Å². The summed E-state index contributed by atoms with van der Waals surface area (Å²) in [4.78, 5) is 8.92. The van der Waals surface area contributed by atoms with Crippen molar-refractivity contribution in [2.45, 2.75) is 4.90 Å². The van der Waals surface area contributed by atoms with Crippen molar-refractivity contribution in [1.29, 1.82) is 0 Å². The van der Waals surface area contributed by atoms with Crippen molar-refractivity contribution >= 4 is 15.8 Å². The first kappa shape index (κ1) is 15.7. The quantitative estimate of drug-likeness (QED) is 0.475. The van der Waals surface area contributed by atoms with Gasteiger partial charge in [-0.05, 0) is 18.2 Å². The van der Waals surface area contributed by atoms with E-state index in [1.54, 1.807) is 6.07 Å². The molecular weight excluding hydrogens is 317 g/mol. The van der Waals surface area contributed by atoms with Crippen LogP contribution in [-0.2, 0) is 10.1 Å². The van der Waals surface area contributed by atoms with Crippen LogP contribution in [0.3, 0.4) is 0 Å². The third-order valence-corrected chi connectivity index (χ3v) is 3.91. The summed E-state index contributed by atoms with van der Waals surface area (Å²) in [7, 11) is -3.28. The maximum absolute atomic E-state index is 13.7. The zero-order valence-corrected chi connectivity index (χ0v) is 12.0. The normalized spacial score (nSPS) is 11.0. The fraction of sp³-hybridized carbons (Fsp3) is 0.0769. The predicted molar refractivity (Wildman–Crippen MR) is 73.9 cm³/mol. The Kier molecular flexibility index (Phi) is 4.27. The lowest BCUT2D eigenvalue weighted by Gasteiger charge is -2.10. The Balaban J connectivity index is 2.47. The number of hydrogen-bond acceptors (Lipinski definition) is 6. The van der Waals surface area contributed by atoms with Crippen LogP contribution in [0.1, 0.15) is 0 Å². The molecule has 0 unspecified atom stereocenters. The number of benzene rings is 2. The standard InChI is InChI=1S/C13H10FNO6S/c1-20-11-4-2-3-5-12(11)21-22(18,19)13-8-9(15(16)17)6-7-10(13)14/h2-8H,1H3. The lowest BCUT2D eigenvalue weighted by atomic mass is 10.3. The van der Waals surface area contributed by atoms with E-state index in [4.69, 9.17) is 8.92 Å². The van der Waals surface area contributed by atoms with E-state index in [9.17, 15) is 22.9 Å². The second-order valence-corrected chi connectivity index (χ2v) is 5.57. The topological polar surface area (TPSA) is 95.7 Å². The molecule has 0 saturated heterocycles. The average Bonchev–Trinajstić information content (AvgIpc) is 2.47. The van der Waals surface area contributed by atoms with Gasteiger partial charge in [-0.25, -0.2) is 4.39 Å². The summed E-state index contributed by atoms with van der Waals surface area (Å²) < 4.78 is 47.7. The molecule has 0 amide bonds. The zero-order chi connectivity index (χ0) is 16.3. The summed E-state index contributed by atoms with van der Waals surface area (Å²) >= 11 is 0. The van der Waals surface area contributed by atoms with Gasteiger partial charge in [0.25, 0.3) is 5.69 Å². The van der Waals surface area contributed by atoms with Crippen LogP contribution >= 0.6 is 0 Å². The van der Waals surface area contributed by atoms with Gasteiger partial charge >= 0.3 is 10.1 Å². The maximum Gasteiger partial charge on any atom is 0.342 e. The molecule has 0 aliphatic rings. The van der Waals surface area contributed by atoms with Gasteiger partial charge in [-0.2, -0.15) is 8.42 Å². The van der Waals surface area contributed by atoms with Crippen LogP contribution in [0.4, 0.5) is 10.1 Å². The fourth-order valence-corrected chi connectivity index (χ4v) is 2.68. The molecule has 7 nitrogen and oxygen atoms in total. The van der Waals surface area contributed by atoms with E-state index >= 15 is 0 Å². The molecule has 116 valence electrons. The molecule has 2 aromatic rings. The fourth-order valence-electron chi connectivity index (χ4n) is 1.65. The van der Waals surface area contributed by atoms with Gasteiger partial charge in [-0.1, -0.05) is 12.1 Å². The van der Waals surface area contributed by atoms with Crippen molar-refractivity contribution in [1.82, 2.24) is 0 Å². The molecular formula is C13H10FNO6S. The first-order valence-corrected chi connectivity index (χ1v) is 7.27. The van der Waals surface area contributed by atoms with Gasteiger partial charge in [0, 0.05) is 12.1 Å². The highest BCUT2D eigenvalue weighted by Crippen LogP contribution is 2.30. The number of para-hydroxylation sites is 2. The molecule has 0 radical (unpaired) electrons. The molecule has 22 heavy (non-hydrogen) atoms. The second-order valence-electron chi connectivity index (χ2n) is 4.06. The van der Waals surface area contributed by atoms with Crippen molar-refractivity contribution in [3.63, 3.8) is 0 Å². The van der Waals surface area contributed by atoms with E-state index < -0.39 is 31.4 Å². The highest BCUT2D eigenvalue weighted by molar-refractivity contribution is 7.87. The van der Waals surface area contributed by atoms with Crippen molar-refractivity contribution in [3.8, 4) is 11.5 Å². The van der Waals surface area contributed by atoms with Gasteiger partial charge < -0.3 is 8.92 Å². The van der Waals surface area contributed by atoms with Gasteiger partial charge in [0.2, 0.25) is 0 Å². The second kappa shape index (κ2) is 5.98. The lowest BCUT2D eigenvalue weighted by molar-refractivity contribution is -0.385. The van der Waals surface area contributed by atoms with Gasteiger partial charge in [0.1, 0.15) is 10.7 Å². The molecule has 0 aliphatic carbocycles. The highest BCUT2D eigenvalue weighted by atomic mass is 32.2. The molecule has 0 spiro atoms. The van der Waals surface area contributed by atoms with Crippen LogP contribution < -0.4 is 8.92 Å². The van der Waals surface area contributed by atoms with Crippen LogP contribution in [0.5, 0.6) is 11.5 Å². The number of hydrogen-bond donors (Lipinski definition) is 0. The minimum Gasteiger partial charge on any atom is -0.493 e. The minimum absolute atomic E-state index is 0.122. The number of rotatable bonds is 5. The smallest absolute Gasteiger partial charge is 0.342 e. The van der Waals surface area contributed by atoms with Crippen LogP contribution in [0.15, 0.2) is 47.4 Å². The van der Waals surface area contributed by atoms with Crippen LogP contribution in [0, 0.1) is 15.9 Å². The summed E-state index contributed by atoms with van der Waals surface area (Å²) in [6.07, 6.45) is 0. The molecule has 9 heteroatoms. The Bertz CT molecular complexity index is 821. The molecule has 0 saturated carbocycles. The minimum atomic E-state index is -4.59. The largest absolute Gasteiger partial charge is 0.493 e. The van der Waals surface area contributed by atoms with E-state index in [2.05, 4.69) is 0 Å². The molecule has 0 N–H and O–H groups in total. The molecule has 2 aromatic carbocycles. The molecule has 0 fully saturated rings. The summed E-state index contributed by atoms with van der Waals surface area (Å²) in [5, 5.41) is 10.7. The number of ether oxygens (including phenoxy) is 1. The lowest BCUT2D eigenvalue weighted by Crippen LogP contribution is -2.12. The first-order chi connectivity index (χ1) is 10.3. The Morgan fingerprint density at radius 1 is 1.14 bits per heavy atom. The zero-order valence-electron chi connectivity index (χ0n) is 11.2.